The van der Waals surface area contributed by atoms with Crippen molar-refractivity contribution in [3.63, 3.8) is 0 Å². The maximum atomic E-state index is 8.35. The van der Waals surface area contributed by atoms with Gasteiger partial charge in [0.25, 0.3) is 0 Å². The zero-order valence-corrected chi connectivity index (χ0v) is 6.51. The highest BCUT2D eigenvalue weighted by atomic mass is 16.4. The molecule has 0 aliphatic heterocycles. The summed E-state index contributed by atoms with van der Waals surface area (Å²) in [6.07, 6.45) is 0. The van der Waals surface area contributed by atoms with E-state index < -0.39 is 6.04 Å². The van der Waals surface area contributed by atoms with Gasteiger partial charge in [-0.1, -0.05) is 35.5 Å². The molecule has 0 aliphatic rings. The fraction of sp³-hybridized carbons (Fsp3) is 0.125. The molecule has 0 aliphatic carbocycles. The highest BCUT2D eigenvalue weighted by Gasteiger charge is 2.09. The maximum absolute atomic E-state index is 8.35. The van der Waals surface area contributed by atoms with E-state index in [1.54, 1.807) is 0 Å². The molecule has 1 aromatic rings. The topological polar surface area (TPSA) is 84.6 Å². The van der Waals surface area contributed by atoms with Crippen LogP contribution in [-0.2, 0) is 0 Å². The Labute approximate surface area is 70.5 Å². The molecule has 0 saturated heterocycles. The molecule has 0 saturated carbocycles. The van der Waals surface area contributed by atoms with Gasteiger partial charge in [-0.3, -0.25) is 0 Å². The molecule has 0 heterocycles. The lowest BCUT2D eigenvalue weighted by molar-refractivity contribution is 0.316. The van der Waals surface area contributed by atoms with Gasteiger partial charge in [0.1, 0.15) is 0 Å². The van der Waals surface area contributed by atoms with Gasteiger partial charge in [-0.2, -0.15) is 0 Å². The third-order valence-electron chi connectivity index (χ3n) is 1.59. The predicted molar refractivity (Wildman–Crippen MR) is 46.8 cm³/mol. The molecule has 4 heteroatoms. The Balaban J connectivity index is 2.86. The summed E-state index contributed by atoms with van der Waals surface area (Å²) in [5.74, 6) is 0.0150. The van der Waals surface area contributed by atoms with Crippen LogP contribution in [0, 0.1) is 0 Å². The van der Waals surface area contributed by atoms with E-state index in [0.29, 0.717) is 0 Å². The van der Waals surface area contributed by atoms with Crippen molar-refractivity contribution in [2.75, 3.05) is 0 Å². The summed E-state index contributed by atoms with van der Waals surface area (Å²) in [5, 5.41) is 11.2. The predicted octanol–water partition coefficient (Wildman–Crippen LogP) is 0.433. The first-order valence-corrected chi connectivity index (χ1v) is 3.53. The van der Waals surface area contributed by atoms with Crippen LogP contribution in [0.2, 0.25) is 0 Å². The summed E-state index contributed by atoms with van der Waals surface area (Å²) in [4.78, 5) is 0. The van der Waals surface area contributed by atoms with Crippen LogP contribution in [0.15, 0.2) is 35.5 Å². The summed E-state index contributed by atoms with van der Waals surface area (Å²) >= 11 is 0. The zero-order chi connectivity index (χ0) is 8.97. The van der Waals surface area contributed by atoms with Crippen LogP contribution in [0.3, 0.4) is 0 Å². The molecule has 1 atom stereocenters. The fourth-order valence-electron chi connectivity index (χ4n) is 0.893. The Hall–Kier alpha value is -1.55. The Bertz CT molecular complexity index is 271. The molecule has 1 rings (SSSR count). The molecule has 0 spiro atoms. The van der Waals surface area contributed by atoms with Crippen LogP contribution in [0.4, 0.5) is 0 Å². The van der Waals surface area contributed by atoms with E-state index in [9.17, 15) is 0 Å². The number of hydrogen-bond donors (Lipinski definition) is 3. The van der Waals surface area contributed by atoms with Gasteiger partial charge in [0, 0.05) is 0 Å². The lowest BCUT2D eigenvalue weighted by Gasteiger charge is -2.08. The lowest BCUT2D eigenvalue weighted by atomic mass is 10.1. The molecule has 0 amide bonds. The second kappa shape index (κ2) is 3.73. The van der Waals surface area contributed by atoms with E-state index in [4.69, 9.17) is 16.7 Å². The Morgan fingerprint density at radius 2 is 1.92 bits per heavy atom. The van der Waals surface area contributed by atoms with E-state index in [2.05, 4.69) is 5.16 Å². The van der Waals surface area contributed by atoms with E-state index in [1.165, 1.54) is 0 Å². The number of hydrogen-bond acceptors (Lipinski definition) is 3. The Kier molecular flexibility index (Phi) is 2.66. The summed E-state index contributed by atoms with van der Waals surface area (Å²) in [6.45, 7) is 0. The number of rotatable bonds is 2. The van der Waals surface area contributed by atoms with Crippen LogP contribution in [0.5, 0.6) is 0 Å². The maximum Gasteiger partial charge on any atom is 0.160 e. The van der Waals surface area contributed by atoms with Gasteiger partial charge in [-0.15, -0.1) is 0 Å². The average Bonchev–Trinajstić information content (AvgIpc) is 2.17. The van der Waals surface area contributed by atoms with Crippen molar-refractivity contribution in [1.29, 1.82) is 0 Å². The number of nitrogens with zero attached hydrogens (tertiary/aromatic N) is 1. The van der Waals surface area contributed by atoms with E-state index >= 15 is 0 Å². The molecule has 12 heavy (non-hydrogen) atoms. The van der Waals surface area contributed by atoms with Gasteiger partial charge in [0.2, 0.25) is 0 Å². The van der Waals surface area contributed by atoms with Gasteiger partial charge in [-0.25, -0.2) is 0 Å². The monoisotopic (exact) mass is 165 g/mol. The number of amidine groups is 1. The van der Waals surface area contributed by atoms with Crippen molar-refractivity contribution in [2.24, 2.45) is 16.6 Å². The molecule has 4 nitrogen and oxygen atoms in total. The minimum absolute atomic E-state index is 0.0150. The standard InChI is InChI=1S/C8H11N3O/c9-7(8(10)11-12)6-4-2-1-3-5-6/h1-5,7,12H,9H2,(H2,10,11). The first-order chi connectivity index (χ1) is 5.75. The largest absolute Gasteiger partial charge is 0.409 e. The van der Waals surface area contributed by atoms with E-state index in [0.717, 1.165) is 5.56 Å². The van der Waals surface area contributed by atoms with Gasteiger partial charge >= 0.3 is 0 Å². The van der Waals surface area contributed by atoms with Crippen molar-refractivity contribution in [3.05, 3.63) is 35.9 Å². The normalized spacial score (nSPS) is 14.2. The van der Waals surface area contributed by atoms with Crippen LogP contribution in [0.1, 0.15) is 11.6 Å². The lowest BCUT2D eigenvalue weighted by Crippen LogP contribution is -2.28. The highest BCUT2D eigenvalue weighted by Crippen LogP contribution is 2.08. The van der Waals surface area contributed by atoms with Gasteiger partial charge in [-0.05, 0) is 5.56 Å². The molecular weight excluding hydrogens is 154 g/mol. The van der Waals surface area contributed by atoms with Crippen LogP contribution >= 0.6 is 0 Å². The van der Waals surface area contributed by atoms with Crippen molar-refractivity contribution >= 4 is 5.84 Å². The van der Waals surface area contributed by atoms with Crippen molar-refractivity contribution in [3.8, 4) is 0 Å². The van der Waals surface area contributed by atoms with Crippen LogP contribution in [0.25, 0.3) is 0 Å². The Morgan fingerprint density at radius 1 is 1.33 bits per heavy atom. The highest BCUT2D eigenvalue weighted by molar-refractivity contribution is 5.86. The fourth-order valence-corrected chi connectivity index (χ4v) is 0.893. The minimum Gasteiger partial charge on any atom is -0.409 e. The van der Waals surface area contributed by atoms with Crippen molar-refractivity contribution in [2.45, 2.75) is 6.04 Å². The molecule has 0 aromatic heterocycles. The molecule has 64 valence electrons. The molecule has 0 bridgehead atoms. The molecule has 5 N–H and O–H groups in total. The second-order valence-electron chi connectivity index (χ2n) is 2.41. The molecular formula is C8H11N3O. The number of nitrogens with two attached hydrogens (primary N) is 2. The molecule has 0 radical (unpaired) electrons. The molecule has 0 fully saturated rings. The smallest absolute Gasteiger partial charge is 0.160 e. The van der Waals surface area contributed by atoms with Crippen LogP contribution < -0.4 is 11.5 Å². The zero-order valence-electron chi connectivity index (χ0n) is 6.51. The molecule has 1 aromatic carbocycles. The summed E-state index contributed by atoms with van der Waals surface area (Å²) in [6, 6.07) is 8.68. The summed E-state index contributed by atoms with van der Waals surface area (Å²) < 4.78 is 0. The third-order valence-corrected chi connectivity index (χ3v) is 1.59. The first-order valence-electron chi connectivity index (χ1n) is 3.53. The van der Waals surface area contributed by atoms with E-state index in [-0.39, 0.29) is 5.84 Å². The quantitative estimate of drug-likeness (QED) is 0.257. The minimum atomic E-state index is -0.531. The number of oxime groups is 1. The van der Waals surface area contributed by atoms with Crippen molar-refractivity contribution in [1.82, 2.24) is 0 Å². The average molecular weight is 165 g/mol. The SMILES string of the molecule is N/C(=N\O)C(N)c1ccccc1. The summed E-state index contributed by atoms with van der Waals surface area (Å²) in [5.41, 5.74) is 11.8. The van der Waals surface area contributed by atoms with Gasteiger partial charge < -0.3 is 16.7 Å². The van der Waals surface area contributed by atoms with E-state index in [1.807, 2.05) is 30.3 Å². The second-order valence-corrected chi connectivity index (χ2v) is 2.41. The first kappa shape index (κ1) is 8.55. The third kappa shape index (κ3) is 1.73. The van der Waals surface area contributed by atoms with Gasteiger partial charge in [0.05, 0.1) is 6.04 Å². The Morgan fingerprint density at radius 3 is 2.42 bits per heavy atom. The number of benzene rings is 1. The molecule has 1 unspecified atom stereocenters. The van der Waals surface area contributed by atoms with Crippen molar-refractivity contribution < 1.29 is 5.21 Å². The van der Waals surface area contributed by atoms with Gasteiger partial charge in [0.15, 0.2) is 5.84 Å². The van der Waals surface area contributed by atoms with Crippen LogP contribution in [-0.4, -0.2) is 11.0 Å². The summed E-state index contributed by atoms with van der Waals surface area (Å²) in [7, 11) is 0.